The van der Waals surface area contributed by atoms with Crippen LogP contribution in [0.4, 0.5) is 0 Å². The molecule has 1 fully saturated rings. The molecule has 11 nitrogen and oxygen atoms in total. The molecular weight excluding hydrogens is 381 g/mol. The maximum Gasteiger partial charge on any atom is 0.480 e. The smallest absolute Gasteiger partial charge is 0.480 e. The van der Waals surface area contributed by atoms with Crippen molar-refractivity contribution in [3.05, 3.63) is 22.4 Å². The molecule has 0 bridgehead atoms. The number of thiophene rings is 1. The van der Waals surface area contributed by atoms with Crippen molar-refractivity contribution >= 4 is 36.0 Å². The fourth-order valence-corrected chi connectivity index (χ4v) is 2.50. The zero-order valence-electron chi connectivity index (χ0n) is 14.7. The van der Waals surface area contributed by atoms with Gasteiger partial charge in [-0.2, -0.15) is 0 Å². The molecule has 0 aliphatic carbocycles. The predicted molar refractivity (Wildman–Crippen MR) is 96.6 cm³/mol. The molecule has 1 atom stereocenters. The van der Waals surface area contributed by atoms with E-state index in [0.717, 1.165) is 6.92 Å². The highest BCUT2D eigenvalue weighted by Gasteiger charge is 2.32. The lowest BCUT2D eigenvalue weighted by molar-refractivity contribution is -0.134. The SMILES string of the molecule is CC(=O)O.O=C(NC1COCCOB1O)/C(=N\OCCNO)c1cccs1. The number of hydrogen-bond acceptors (Lipinski definition) is 10. The van der Waals surface area contributed by atoms with Crippen molar-refractivity contribution in [3.8, 4) is 0 Å². The average Bonchev–Trinajstić information content (AvgIpc) is 3.06. The molecule has 2 rings (SSSR count). The number of carboxylic acid groups (broad SMARTS) is 1. The second kappa shape index (κ2) is 13.2. The fourth-order valence-electron chi connectivity index (χ4n) is 1.80. The van der Waals surface area contributed by atoms with E-state index in [4.69, 9.17) is 29.3 Å². The molecule has 13 heteroatoms. The number of hydrogen-bond donors (Lipinski definition) is 5. The molecule has 150 valence electrons. The molecule has 0 spiro atoms. The van der Waals surface area contributed by atoms with Crippen molar-refractivity contribution < 1.29 is 39.2 Å². The third-order valence-electron chi connectivity index (χ3n) is 2.91. The summed E-state index contributed by atoms with van der Waals surface area (Å²) in [5, 5.41) is 34.0. The number of nitrogens with one attached hydrogen (secondary N) is 2. The first kappa shape index (κ1) is 23.0. The maximum absolute atomic E-state index is 12.4. The van der Waals surface area contributed by atoms with Crippen LogP contribution in [0.1, 0.15) is 11.8 Å². The Kier molecular flexibility index (Phi) is 11.2. The first-order chi connectivity index (χ1) is 13.0. The van der Waals surface area contributed by atoms with Crippen LogP contribution in [0.15, 0.2) is 22.7 Å². The van der Waals surface area contributed by atoms with Crippen molar-refractivity contribution in [2.75, 3.05) is 33.0 Å². The normalized spacial score (nSPS) is 17.4. The average molecular weight is 403 g/mol. The van der Waals surface area contributed by atoms with Crippen molar-refractivity contribution in [1.82, 2.24) is 10.8 Å². The Labute approximate surface area is 160 Å². The maximum atomic E-state index is 12.4. The van der Waals surface area contributed by atoms with Crippen LogP contribution in [0.5, 0.6) is 0 Å². The van der Waals surface area contributed by atoms with Gasteiger partial charge in [0.25, 0.3) is 11.9 Å². The first-order valence-corrected chi connectivity index (χ1v) is 8.82. The number of amides is 1. The summed E-state index contributed by atoms with van der Waals surface area (Å²) in [4.78, 5) is 27.1. The van der Waals surface area contributed by atoms with E-state index in [2.05, 4.69) is 10.5 Å². The molecule has 1 aromatic rings. The number of carboxylic acids is 1. The standard InChI is InChI=1S/C12H18BN3O6S.C2H4O2/c17-12(15-10-8-20-5-6-21-13(10)18)11(9-2-1-7-23-9)16-22-4-3-14-19;1-2(3)4/h1-2,7,10,14,18-19H,3-6,8H2,(H,15,17);1H3,(H,3,4)/b16-11-;. The number of carbonyl (C=O) groups is 2. The topological polar surface area (TPSA) is 159 Å². The van der Waals surface area contributed by atoms with Crippen LogP contribution < -0.4 is 10.8 Å². The van der Waals surface area contributed by atoms with Gasteiger partial charge in [-0.1, -0.05) is 11.2 Å². The minimum atomic E-state index is -1.15. The number of hydroxylamine groups is 1. The molecule has 0 saturated carbocycles. The van der Waals surface area contributed by atoms with Gasteiger partial charge >= 0.3 is 7.12 Å². The van der Waals surface area contributed by atoms with Gasteiger partial charge in [-0.25, -0.2) is 5.48 Å². The van der Waals surface area contributed by atoms with Gasteiger partial charge in [0.05, 0.1) is 37.2 Å². The number of rotatable bonds is 7. The van der Waals surface area contributed by atoms with E-state index in [1.807, 2.05) is 5.48 Å². The van der Waals surface area contributed by atoms with E-state index in [9.17, 15) is 9.82 Å². The van der Waals surface area contributed by atoms with Gasteiger partial charge in [0.2, 0.25) is 0 Å². The molecule has 1 saturated heterocycles. The summed E-state index contributed by atoms with van der Waals surface area (Å²) in [6.45, 7) is 2.10. The van der Waals surface area contributed by atoms with Crippen LogP contribution in [0.3, 0.4) is 0 Å². The predicted octanol–water partition coefficient (Wildman–Crippen LogP) is -0.910. The largest absolute Gasteiger partial charge is 0.481 e. The molecule has 1 amide bonds. The van der Waals surface area contributed by atoms with Crippen molar-refractivity contribution in [3.63, 3.8) is 0 Å². The van der Waals surface area contributed by atoms with Crippen molar-refractivity contribution in [1.29, 1.82) is 0 Å². The van der Waals surface area contributed by atoms with Gasteiger partial charge in [0.15, 0.2) is 5.71 Å². The fraction of sp³-hybridized carbons (Fsp3) is 0.500. The van der Waals surface area contributed by atoms with Crippen LogP contribution in [0, 0.1) is 0 Å². The molecular formula is C14H22BN3O8S. The number of nitrogens with zero attached hydrogens (tertiary/aromatic N) is 1. The molecule has 1 aliphatic rings. The van der Waals surface area contributed by atoms with Crippen LogP contribution >= 0.6 is 11.3 Å². The summed E-state index contributed by atoms with van der Waals surface area (Å²) in [5.41, 5.74) is 2.00. The Hall–Kier alpha value is -2.03. The number of ether oxygens (including phenoxy) is 1. The van der Waals surface area contributed by atoms with Gasteiger partial charge in [0, 0.05) is 6.92 Å². The Morgan fingerprint density at radius 1 is 1.48 bits per heavy atom. The number of carbonyl (C=O) groups excluding carboxylic acids is 1. The van der Waals surface area contributed by atoms with E-state index in [1.54, 1.807) is 17.5 Å². The quantitative estimate of drug-likeness (QED) is 0.168. The lowest BCUT2D eigenvalue weighted by Gasteiger charge is -2.17. The van der Waals surface area contributed by atoms with E-state index in [-0.39, 0.29) is 32.1 Å². The lowest BCUT2D eigenvalue weighted by Crippen LogP contribution is -2.51. The monoisotopic (exact) mass is 403 g/mol. The Balaban J connectivity index is 0.000000828. The highest BCUT2D eigenvalue weighted by Crippen LogP contribution is 2.11. The molecule has 2 heterocycles. The van der Waals surface area contributed by atoms with Crippen molar-refractivity contribution in [2.45, 2.75) is 12.9 Å². The Bertz CT molecular complexity index is 597. The first-order valence-electron chi connectivity index (χ1n) is 7.94. The van der Waals surface area contributed by atoms with Gasteiger partial charge in [0.1, 0.15) is 6.61 Å². The summed E-state index contributed by atoms with van der Waals surface area (Å²) in [6, 6.07) is 3.51. The Morgan fingerprint density at radius 2 is 2.22 bits per heavy atom. The van der Waals surface area contributed by atoms with Crippen molar-refractivity contribution in [2.24, 2.45) is 5.16 Å². The highest BCUT2D eigenvalue weighted by molar-refractivity contribution is 7.13. The second-order valence-electron chi connectivity index (χ2n) is 5.09. The van der Waals surface area contributed by atoms with Crippen LogP contribution in [-0.2, 0) is 23.8 Å². The molecule has 1 aromatic heterocycles. The molecule has 1 aliphatic heterocycles. The van der Waals surface area contributed by atoms with Gasteiger partial charge in [-0.3, -0.25) is 9.59 Å². The summed E-state index contributed by atoms with van der Waals surface area (Å²) in [5.74, 6) is -2.04. The molecule has 1 unspecified atom stereocenters. The van der Waals surface area contributed by atoms with E-state index < -0.39 is 24.9 Å². The molecule has 27 heavy (non-hydrogen) atoms. The zero-order valence-corrected chi connectivity index (χ0v) is 15.5. The highest BCUT2D eigenvalue weighted by atomic mass is 32.1. The summed E-state index contributed by atoms with van der Waals surface area (Å²) >= 11 is 1.33. The minimum Gasteiger partial charge on any atom is -0.481 e. The van der Waals surface area contributed by atoms with E-state index in [1.165, 1.54) is 11.3 Å². The van der Waals surface area contributed by atoms with Crippen LogP contribution in [0.2, 0.25) is 0 Å². The van der Waals surface area contributed by atoms with E-state index in [0.29, 0.717) is 11.5 Å². The summed E-state index contributed by atoms with van der Waals surface area (Å²) in [7, 11) is -1.15. The summed E-state index contributed by atoms with van der Waals surface area (Å²) in [6.07, 6.45) is 0. The van der Waals surface area contributed by atoms with E-state index >= 15 is 0 Å². The third-order valence-corrected chi connectivity index (χ3v) is 3.78. The number of oxime groups is 1. The van der Waals surface area contributed by atoms with Crippen LogP contribution in [-0.4, -0.2) is 79.0 Å². The lowest BCUT2D eigenvalue weighted by atomic mass is 9.79. The number of aliphatic carboxylic acids is 1. The Morgan fingerprint density at radius 3 is 2.85 bits per heavy atom. The minimum absolute atomic E-state index is 0.0781. The third kappa shape index (κ3) is 9.46. The molecule has 5 N–H and O–H groups in total. The second-order valence-corrected chi connectivity index (χ2v) is 6.04. The van der Waals surface area contributed by atoms with Gasteiger partial charge in [-0.15, -0.1) is 11.3 Å². The van der Waals surface area contributed by atoms with Gasteiger partial charge in [-0.05, 0) is 11.4 Å². The zero-order chi connectivity index (χ0) is 20.1. The molecule has 0 aromatic carbocycles. The van der Waals surface area contributed by atoms with Crippen LogP contribution in [0.25, 0.3) is 0 Å². The molecule has 0 radical (unpaired) electrons. The summed E-state index contributed by atoms with van der Waals surface area (Å²) < 4.78 is 10.4. The van der Waals surface area contributed by atoms with Gasteiger partial charge < -0.3 is 34.9 Å².